The number of esters is 1. The van der Waals surface area contributed by atoms with E-state index in [4.69, 9.17) is 0 Å². The number of carbonyl (C=O) groups excluding carboxylic acids is 1. The third kappa shape index (κ3) is 9.49. The second-order valence-electron chi connectivity index (χ2n) is 5.54. The van der Waals surface area contributed by atoms with E-state index in [0.717, 1.165) is 12.3 Å². The largest absolute Gasteiger partial charge is 0.469 e. The van der Waals surface area contributed by atoms with E-state index < -0.39 is 0 Å². The maximum Gasteiger partial charge on any atom is 0.305 e. The lowest BCUT2D eigenvalue weighted by atomic mass is 9.92. The highest BCUT2D eigenvalue weighted by Gasteiger charge is 2.09. The Hall–Kier alpha value is -0.530. The van der Waals surface area contributed by atoms with Crippen LogP contribution in [0.4, 0.5) is 0 Å². The van der Waals surface area contributed by atoms with E-state index in [0.29, 0.717) is 12.3 Å². The lowest BCUT2D eigenvalue weighted by molar-refractivity contribution is -0.140. The molecule has 0 aliphatic carbocycles. The summed E-state index contributed by atoms with van der Waals surface area (Å²) in [5, 5.41) is 0. The molecule has 18 heavy (non-hydrogen) atoms. The highest BCUT2D eigenvalue weighted by atomic mass is 16.5. The van der Waals surface area contributed by atoms with Crippen LogP contribution in [0.25, 0.3) is 0 Å². The summed E-state index contributed by atoms with van der Waals surface area (Å²) in [7, 11) is 1.47. The van der Waals surface area contributed by atoms with Crippen LogP contribution in [0, 0.1) is 11.8 Å². The van der Waals surface area contributed by atoms with E-state index >= 15 is 0 Å². The Morgan fingerprint density at radius 1 is 1.00 bits per heavy atom. The SMILES string of the molecule is CCC(C)CCCCCC(CC)CCC(=O)OC. The van der Waals surface area contributed by atoms with Gasteiger partial charge < -0.3 is 4.74 Å². The summed E-state index contributed by atoms with van der Waals surface area (Å²) in [6, 6.07) is 0. The fraction of sp³-hybridized carbons (Fsp3) is 0.938. The number of hydrogen-bond acceptors (Lipinski definition) is 2. The zero-order chi connectivity index (χ0) is 13.8. The van der Waals surface area contributed by atoms with Gasteiger partial charge in [0.15, 0.2) is 0 Å². The van der Waals surface area contributed by atoms with Crippen molar-refractivity contribution in [2.45, 2.75) is 78.6 Å². The summed E-state index contributed by atoms with van der Waals surface area (Å²) in [6.45, 7) is 6.83. The summed E-state index contributed by atoms with van der Waals surface area (Å²) in [5.41, 5.74) is 0. The van der Waals surface area contributed by atoms with Crippen molar-refractivity contribution in [2.24, 2.45) is 11.8 Å². The van der Waals surface area contributed by atoms with Crippen LogP contribution >= 0.6 is 0 Å². The van der Waals surface area contributed by atoms with Gasteiger partial charge in [0.25, 0.3) is 0 Å². The van der Waals surface area contributed by atoms with E-state index in [9.17, 15) is 4.79 Å². The molecule has 0 rings (SSSR count). The molecule has 0 aromatic carbocycles. The summed E-state index contributed by atoms with van der Waals surface area (Å²) < 4.78 is 4.69. The number of unbranched alkanes of at least 4 members (excludes halogenated alkanes) is 2. The third-order valence-electron chi connectivity index (χ3n) is 4.07. The zero-order valence-corrected chi connectivity index (χ0v) is 12.8. The van der Waals surface area contributed by atoms with Crippen molar-refractivity contribution < 1.29 is 9.53 Å². The molecule has 108 valence electrons. The molecule has 0 N–H and O–H groups in total. The van der Waals surface area contributed by atoms with Crippen LogP contribution in [-0.2, 0) is 9.53 Å². The summed E-state index contributed by atoms with van der Waals surface area (Å²) >= 11 is 0. The van der Waals surface area contributed by atoms with Crippen LogP contribution in [0.1, 0.15) is 78.6 Å². The zero-order valence-electron chi connectivity index (χ0n) is 12.8. The van der Waals surface area contributed by atoms with Crippen LogP contribution in [0.15, 0.2) is 0 Å². The molecular weight excluding hydrogens is 224 g/mol. The van der Waals surface area contributed by atoms with Crippen LogP contribution in [0.2, 0.25) is 0 Å². The van der Waals surface area contributed by atoms with Crippen LogP contribution in [0.3, 0.4) is 0 Å². The van der Waals surface area contributed by atoms with E-state index in [-0.39, 0.29) is 5.97 Å². The molecule has 2 atom stereocenters. The average Bonchev–Trinajstić information content (AvgIpc) is 2.40. The van der Waals surface area contributed by atoms with Crippen LogP contribution in [-0.4, -0.2) is 13.1 Å². The molecule has 0 aliphatic rings. The lowest BCUT2D eigenvalue weighted by Gasteiger charge is -2.14. The summed E-state index contributed by atoms with van der Waals surface area (Å²) in [6.07, 6.45) is 10.7. The van der Waals surface area contributed by atoms with Gasteiger partial charge in [0.2, 0.25) is 0 Å². The minimum absolute atomic E-state index is 0.0646. The highest BCUT2D eigenvalue weighted by molar-refractivity contribution is 5.69. The third-order valence-corrected chi connectivity index (χ3v) is 4.07. The molecule has 0 aromatic heterocycles. The maximum absolute atomic E-state index is 11.1. The number of carbonyl (C=O) groups is 1. The number of ether oxygens (including phenoxy) is 1. The van der Waals surface area contributed by atoms with E-state index in [2.05, 4.69) is 25.5 Å². The van der Waals surface area contributed by atoms with Crippen LogP contribution in [0.5, 0.6) is 0 Å². The number of methoxy groups -OCH3 is 1. The molecule has 0 fully saturated rings. The summed E-state index contributed by atoms with van der Waals surface area (Å²) in [4.78, 5) is 11.1. The standard InChI is InChI=1S/C16H32O2/c1-5-14(3)10-8-7-9-11-15(6-2)12-13-16(17)18-4/h14-15H,5-13H2,1-4H3. The van der Waals surface area contributed by atoms with Gasteiger partial charge in [0.1, 0.15) is 0 Å². The molecule has 2 unspecified atom stereocenters. The van der Waals surface area contributed by atoms with Crippen molar-refractivity contribution in [1.82, 2.24) is 0 Å². The maximum atomic E-state index is 11.1. The van der Waals surface area contributed by atoms with Crippen molar-refractivity contribution in [3.8, 4) is 0 Å². The molecular formula is C16H32O2. The minimum Gasteiger partial charge on any atom is -0.469 e. The molecule has 0 aromatic rings. The Morgan fingerprint density at radius 3 is 2.22 bits per heavy atom. The Labute approximate surface area is 113 Å². The van der Waals surface area contributed by atoms with E-state index in [1.54, 1.807) is 0 Å². The molecule has 0 heterocycles. The Bertz CT molecular complexity index is 201. The normalized spacial score (nSPS) is 14.2. The van der Waals surface area contributed by atoms with Crippen molar-refractivity contribution in [2.75, 3.05) is 7.11 Å². The quantitative estimate of drug-likeness (QED) is 0.385. The average molecular weight is 256 g/mol. The topological polar surface area (TPSA) is 26.3 Å². The molecule has 0 spiro atoms. The van der Waals surface area contributed by atoms with Gasteiger partial charge in [0, 0.05) is 6.42 Å². The Balaban J connectivity index is 3.52. The van der Waals surface area contributed by atoms with Crippen molar-refractivity contribution in [3.63, 3.8) is 0 Å². The molecule has 0 amide bonds. The number of rotatable bonds is 11. The predicted molar refractivity (Wildman–Crippen MR) is 77.6 cm³/mol. The van der Waals surface area contributed by atoms with Gasteiger partial charge in [-0.15, -0.1) is 0 Å². The molecule has 2 nitrogen and oxygen atoms in total. The smallest absolute Gasteiger partial charge is 0.305 e. The van der Waals surface area contributed by atoms with Gasteiger partial charge in [-0.1, -0.05) is 65.7 Å². The first-order valence-electron chi connectivity index (χ1n) is 7.70. The Kier molecular flexibility index (Phi) is 11.2. The molecule has 0 saturated carbocycles. The van der Waals surface area contributed by atoms with Gasteiger partial charge in [-0.25, -0.2) is 0 Å². The van der Waals surface area contributed by atoms with E-state index in [1.165, 1.54) is 52.1 Å². The van der Waals surface area contributed by atoms with Crippen molar-refractivity contribution >= 4 is 5.97 Å². The van der Waals surface area contributed by atoms with E-state index in [1.807, 2.05) is 0 Å². The second kappa shape index (κ2) is 11.6. The van der Waals surface area contributed by atoms with Crippen molar-refractivity contribution in [1.29, 1.82) is 0 Å². The monoisotopic (exact) mass is 256 g/mol. The second-order valence-corrected chi connectivity index (χ2v) is 5.54. The van der Waals surface area contributed by atoms with Crippen molar-refractivity contribution in [3.05, 3.63) is 0 Å². The first kappa shape index (κ1) is 17.5. The molecule has 0 bridgehead atoms. The number of hydrogen-bond donors (Lipinski definition) is 0. The molecule has 0 radical (unpaired) electrons. The molecule has 2 heteroatoms. The minimum atomic E-state index is -0.0646. The lowest BCUT2D eigenvalue weighted by Crippen LogP contribution is -2.06. The van der Waals surface area contributed by atoms with Gasteiger partial charge in [-0.05, 0) is 18.3 Å². The first-order chi connectivity index (χ1) is 8.63. The first-order valence-corrected chi connectivity index (χ1v) is 7.70. The summed E-state index contributed by atoms with van der Waals surface area (Å²) in [5.74, 6) is 1.52. The van der Waals surface area contributed by atoms with Gasteiger partial charge in [0.05, 0.1) is 7.11 Å². The van der Waals surface area contributed by atoms with Gasteiger partial charge >= 0.3 is 5.97 Å². The predicted octanol–water partition coefficient (Wildman–Crippen LogP) is 4.96. The van der Waals surface area contributed by atoms with Gasteiger partial charge in [-0.2, -0.15) is 0 Å². The molecule has 0 aliphatic heterocycles. The highest BCUT2D eigenvalue weighted by Crippen LogP contribution is 2.20. The molecule has 0 saturated heterocycles. The fourth-order valence-electron chi connectivity index (χ4n) is 2.28. The van der Waals surface area contributed by atoms with Crippen LogP contribution < -0.4 is 0 Å². The van der Waals surface area contributed by atoms with Gasteiger partial charge in [-0.3, -0.25) is 4.79 Å². The fourth-order valence-corrected chi connectivity index (χ4v) is 2.28. The Morgan fingerprint density at radius 2 is 1.67 bits per heavy atom.